The van der Waals surface area contributed by atoms with Gasteiger partial charge in [-0.1, -0.05) is 46.3 Å². The molecule has 0 N–H and O–H groups in total. The molecule has 0 radical (unpaired) electrons. The fourth-order valence-electron chi connectivity index (χ4n) is 1.59. The summed E-state index contributed by atoms with van der Waals surface area (Å²) >= 11 is 5.27. The summed E-state index contributed by atoms with van der Waals surface area (Å²) in [6.45, 7) is 10.9. The van der Waals surface area contributed by atoms with Gasteiger partial charge in [-0.25, -0.2) is 0 Å². The second kappa shape index (κ2) is 7.71. The maximum Gasteiger partial charge on any atom is 0.245 e. The van der Waals surface area contributed by atoms with Gasteiger partial charge in [0.25, 0.3) is 0 Å². The Morgan fingerprint density at radius 1 is 1.35 bits per heavy atom. The van der Waals surface area contributed by atoms with Gasteiger partial charge in [0.2, 0.25) is 5.24 Å². The van der Waals surface area contributed by atoms with E-state index < -0.39 is 5.24 Å². The highest BCUT2D eigenvalue weighted by atomic mass is 35.5. The van der Waals surface area contributed by atoms with Gasteiger partial charge in [-0.2, -0.15) is 0 Å². The summed E-state index contributed by atoms with van der Waals surface area (Å²) in [5.41, 5.74) is 1.33. The highest BCUT2D eigenvalue weighted by Crippen LogP contribution is 2.23. The molecule has 2 heteroatoms. The first kappa shape index (κ1) is 16.4. The first-order valence-corrected chi connectivity index (χ1v) is 6.64. The van der Waals surface area contributed by atoms with Gasteiger partial charge in [0.05, 0.1) is 0 Å². The topological polar surface area (TPSA) is 17.1 Å². The van der Waals surface area contributed by atoms with E-state index in [1.807, 2.05) is 13.0 Å². The molecule has 0 heterocycles. The average molecular weight is 257 g/mol. The first-order chi connectivity index (χ1) is 7.70. The van der Waals surface area contributed by atoms with Crippen LogP contribution in [0.4, 0.5) is 0 Å². The Kier molecular flexibility index (Phi) is 7.45. The first-order valence-electron chi connectivity index (χ1n) is 6.26. The van der Waals surface area contributed by atoms with Crippen molar-refractivity contribution in [2.45, 2.75) is 53.9 Å². The zero-order valence-electron chi connectivity index (χ0n) is 11.7. The number of halogens is 1. The highest BCUT2D eigenvalue weighted by molar-refractivity contribution is 6.66. The zero-order valence-corrected chi connectivity index (χ0v) is 12.5. The van der Waals surface area contributed by atoms with Crippen LogP contribution in [0.3, 0.4) is 0 Å². The van der Waals surface area contributed by atoms with Crippen molar-refractivity contribution < 1.29 is 4.79 Å². The molecular formula is C15H25ClO. The molecule has 0 spiro atoms. The van der Waals surface area contributed by atoms with Crippen molar-refractivity contribution in [2.75, 3.05) is 0 Å². The Labute approximate surface area is 111 Å². The second-order valence-electron chi connectivity index (χ2n) is 5.98. The van der Waals surface area contributed by atoms with Crippen molar-refractivity contribution in [3.05, 3.63) is 23.8 Å². The fourth-order valence-corrected chi connectivity index (χ4v) is 1.77. The van der Waals surface area contributed by atoms with Gasteiger partial charge in [0, 0.05) is 6.08 Å². The van der Waals surface area contributed by atoms with Gasteiger partial charge in [-0.05, 0) is 48.3 Å². The molecule has 0 amide bonds. The fraction of sp³-hybridized carbons (Fsp3) is 0.667. The van der Waals surface area contributed by atoms with E-state index in [2.05, 4.69) is 33.8 Å². The number of carbonyl (C=O) groups excluding carboxylic acids is 1. The molecule has 0 saturated heterocycles. The van der Waals surface area contributed by atoms with Gasteiger partial charge in [-0.15, -0.1) is 0 Å². The molecule has 1 unspecified atom stereocenters. The van der Waals surface area contributed by atoms with Crippen LogP contribution in [0.5, 0.6) is 0 Å². The zero-order chi connectivity index (χ0) is 13.5. The number of rotatable bonds is 6. The van der Waals surface area contributed by atoms with E-state index in [4.69, 9.17) is 11.6 Å². The molecule has 17 heavy (non-hydrogen) atoms. The van der Waals surface area contributed by atoms with Crippen LogP contribution in [0.25, 0.3) is 0 Å². The molecule has 0 aromatic carbocycles. The third-order valence-corrected chi connectivity index (χ3v) is 2.72. The van der Waals surface area contributed by atoms with E-state index in [9.17, 15) is 4.79 Å². The van der Waals surface area contributed by atoms with Crippen LogP contribution in [0.1, 0.15) is 53.9 Å². The molecule has 0 rings (SSSR count). The lowest BCUT2D eigenvalue weighted by Crippen LogP contribution is -2.05. The molecule has 0 aliphatic carbocycles. The Balaban J connectivity index is 3.98. The normalized spacial score (nSPS) is 15.3. The third-order valence-electron chi connectivity index (χ3n) is 2.62. The Morgan fingerprint density at radius 2 is 1.94 bits per heavy atom. The summed E-state index contributed by atoms with van der Waals surface area (Å²) in [6, 6.07) is 0. The molecule has 0 aliphatic rings. The van der Waals surface area contributed by atoms with Crippen molar-refractivity contribution in [1.29, 1.82) is 0 Å². The molecule has 1 atom stereocenters. The van der Waals surface area contributed by atoms with Crippen LogP contribution >= 0.6 is 11.6 Å². The standard InChI is InChI=1S/C15H25ClO/c1-12(7-6-10-15(3,4)5)8-9-13(2)11-14(16)17/h8-9,11-12H,6-7,10H2,1-5H3. The lowest BCUT2D eigenvalue weighted by atomic mass is 9.88. The summed E-state index contributed by atoms with van der Waals surface area (Å²) < 4.78 is 0. The van der Waals surface area contributed by atoms with E-state index in [0.29, 0.717) is 11.3 Å². The van der Waals surface area contributed by atoms with Gasteiger partial charge in [0.15, 0.2) is 0 Å². The minimum Gasteiger partial charge on any atom is -0.276 e. The molecule has 0 fully saturated rings. The molecule has 0 aliphatic heterocycles. The Bertz CT molecular complexity index is 295. The van der Waals surface area contributed by atoms with Crippen LogP contribution in [0.15, 0.2) is 23.8 Å². The van der Waals surface area contributed by atoms with E-state index in [1.54, 1.807) is 0 Å². The van der Waals surface area contributed by atoms with Gasteiger partial charge in [-0.3, -0.25) is 4.79 Å². The lowest BCUT2D eigenvalue weighted by molar-refractivity contribution is -0.107. The quantitative estimate of drug-likeness (QED) is 0.367. The molecule has 0 bridgehead atoms. The van der Waals surface area contributed by atoms with E-state index in [0.717, 1.165) is 5.57 Å². The van der Waals surface area contributed by atoms with E-state index in [1.165, 1.54) is 25.3 Å². The van der Waals surface area contributed by atoms with Gasteiger partial charge in [0.1, 0.15) is 0 Å². The number of hydrogen-bond acceptors (Lipinski definition) is 1. The maximum absolute atomic E-state index is 10.6. The third kappa shape index (κ3) is 11.7. The molecule has 98 valence electrons. The smallest absolute Gasteiger partial charge is 0.245 e. The summed E-state index contributed by atoms with van der Waals surface area (Å²) in [6.07, 6.45) is 9.25. The van der Waals surface area contributed by atoms with Crippen LogP contribution in [0, 0.1) is 11.3 Å². The maximum atomic E-state index is 10.6. The van der Waals surface area contributed by atoms with Crippen molar-refractivity contribution in [3.8, 4) is 0 Å². The van der Waals surface area contributed by atoms with Crippen LogP contribution in [-0.4, -0.2) is 5.24 Å². The molecule has 0 saturated carbocycles. The number of hydrogen-bond donors (Lipinski definition) is 0. The average Bonchev–Trinajstić information content (AvgIpc) is 2.11. The van der Waals surface area contributed by atoms with Crippen LogP contribution < -0.4 is 0 Å². The largest absolute Gasteiger partial charge is 0.276 e. The molecule has 0 aromatic heterocycles. The minimum absolute atomic E-state index is 0.410. The molecule has 0 aromatic rings. The van der Waals surface area contributed by atoms with Crippen molar-refractivity contribution in [3.63, 3.8) is 0 Å². The predicted molar refractivity (Wildman–Crippen MR) is 76.2 cm³/mol. The summed E-state index contributed by atoms with van der Waals surface area (Å²) in [7, 11) is 0. The van der Waals surface area contributed by atoms with Gasteiger partial charge < -0.3 is 0 Å². The lowest BCUT2D eigenvalue weighted by Gasteiger charge is -2.18. The summed E-state index contributed by atoms with van der Waals surface area (Å²) in [5.74, 6) is 0.547. The van der Waals surface area contributed by atoms with E-state index in [-0.39, 0.29) is 0 Å². The van der Waals surface area contributed by atoms with E-state index >= 15 is 0 Å². The summed E-state index contributed by atoms with van der Waals surface area (Å²) in [5, 5.41) is -0.410. The van der Waals surface area contributed by atoms with Crippen molar-refractivity contribution in [2.24, 2.45) is 11.3 Å². The van der Waals surface area contributed by atoms with Crippen molar-refractivity contribution in [1.82, 2.24) is 0 Å². The SMILES string of the molecule is CC(C=CC(C)CCCC(C)(C)C)=CC(=O)Cl. The predicted octanol–water partition coefficient (Wildman–Crippen LogP) is 5.11. The molecular weight excluding hydrogens is 232 g/mol. The number of allylic oxidation sites excluding steroid dienone is 4. The highest BCUT2D eigenvalue weighted by Gasteiger charge is 2.09. The second-order valence-corrected chi connectivity index (χ2v) is 6.35. The molecule has 1 nitrogen and oxygen atoms in total. The number of carbonyl (C=O) groups is 1. The Hall–Kier alpha value is -0.560. The minimum atomic E-state index is -0.410. The monoisotopic (exact) mass is 256 g/mol. The van der Waals surface area contributed by atoms with Gasteiger partial charge >= 0.3 is 0 Å². The van der Waals surface area contributed by atoms with Crippen molar-refractivity contribution >= 4 is 16.8 Å². The van der Waals surface area contributed by atoms with Crippen LogP contribution in [-0.2, 0) is 4.79 Å². The van der Waals surface area contributed by atoms with Crippen LogP contribution in [0.2, 0.25) is 0 Å². The Morgan fingerprint density at radius 3 is 2.41 bits per heavy atom. The summed E-state index contributed by atoms with van der Waals surface area (Å²) in [4.78, 5) is 10.6.